The Morgan fingerprint density at radius 1 is 1.40 bits per heavy atom. The molecule has 0 unspecified atom stereocenters. The minimum atomic E-state index is -0.529. The van der Waals surface area contributed by atoms with Gasteiger partial charge in [-0.15, -0.1) is 0 Å². The molecule has 0 radical (unpaired) electrons. The van der Waals surface area contributed by atoms with Crippen LogP contribution in [0.15, 0.2) is 12.1 Å². The number of rotatable bonds is 6. The van der Waals surface area contributed by atoms with Gasteiger partial charge in [-0.2, -0.15) is 10.5 Å². The number of nitriles is 2. The molecule has 1 amide bonds. The van der Waals surface area contributed by atoms with Gasteiger partial charge in [0.2, 0.25) is 0 Å². The average molecular weight is 292 g/mol. The van der Waals surface area contributed by atoms with E-state index in [4.69, 9.17) is 22.1 Å². The Morgan fingerprint density at radius 2 is 2.05 bits per heavy atom. The lowest BCUT2D eigenvalue weighted by Gasteiger charge is -2.16. The summed E-state index contributed by atoms with van der Waals surface area (Å²) in [5.74, 6) is 0.00622. The number of nitrogens with one attached hydrogen (secondary N) is 1. The zero-order valence-corrected chi connectivity index (χ0v) is 11.8. The lowest BCUT2D eigenvalue weighted by atomic mass is 10.3. The van der Waals surface area contributed by atoms with Crippen molar-refractivity contribution in [2.45, 2.75) is 13.3 Å². The van der Waals surface area contributed by atoms with Gasteiger partial charge < -0.3 is 10.2 Å². The van der Waals surface area contributed by atoms with E-state index in [0.29, 0.717) is 5.82 Å². The lowest BCUT2D eigenvalue weighted by molar-refractivity contribution is 0.0789. The fraction of sp³-hybridized carbons (Fsp3) is 0.385. The van der Waals surface area contributed by atoms with Crippen LogP contribution in [0.4, 0.5) is 5.82 Å². The molecule has 1 aromatic heterocycles. The Hall–Kier alpha value is -2.31. The standard InChI is InChI=1S/C13H14ClN5O/c1-2-7-17-11-4-3-10(14)12(18-11)13(20)19(8-5-15)9-6-16/h3-4H,2,7-9H2,1H3,(H,17,18). The molecule has 20 heavy (non-hydrogen) atoms. The summed E-state index contributed by atoms with van der Waals surface area (Å²) in [7, 11) is 0. The fourth-order valence-electron chi connectivity index (χ4n) is 1.46. The molecule has 0 aliphatic heterocycles. The highest BCUT2D eigenvalue weighted by Gasteiger charge is 2.20. The number of carbonyl (C=O) groups excluding carboxylic acids is 1. The third-order valence-corrected chi connectivity index (χ3v) is 2.72. The van der Waals surface area contributed by atoms with Gasteiger partial charge in [0.15, 0.2) is 0 Å². The van der Waals surface area contributed by atoms with Crippen LogP contribution in [0.2, 0.25) is 5.02 Å². The largest absolute Gasteiger partial charge is 0.370 e. The number of anilines is 1. The molecular weight excluding hydrogens is 278 g/mol. The lowest BCUT2D eigenvalue weighted by Crippen LogP contribution is -2.32. The van der Waals surface area contributed by atoms with Gasteiger partial charge in [-0.3, -0.25) is 4.79 Å². The summed E-state index contributed by atoms with van der Waals surface area (Å²) in [6, 6.07) is 6.92. The molecule has 1 N–H and O–H groups in total. The quantitative estimate of drug-likeness (QED) is 0.810. The van der Waals surface area contributed by atoms with E-state index >= 15 is 0 Å². The summed E-state index contributed by atoms with van der Waals surface area (Å²) < 4.78 is 0. The van der Waals surface area contributed by atoms with Crippen molar-refractivity contribution in [1.29, 1.82) is 10.5 Å². The van der Waals surface area contributed by atoms with Gasteiger partial charge in [0.25, 0.3) is 5.91 Å². The number of amides is 1. The van der Waals surface area contributed by atoms with Gasteiger partial charge >= 0.3 is 0 Å². The summed E-state index contributed by atoms with van der Waals surface area (Å²) in [6.07, 6.45) is 0.919. The SMILES string of the molecule is CCCNc1ccc(Cl)c(C(=O)N(CC#N)CC#N)n1. The summed E-state index contributed by atoms with van der Waals surface area (Å²) >= 11 is 5.97. The second-order valence-electron chi connectivity index (χ2n) is 3.93. The molecule has 0 fully saturated rings. The summed E-state index contributed by atoms with van der Waals surface area (Å²) in [5, 5.41) is 20.6. The zero-order chi connectivity index (χ0) is 15.0. The molecule has 0 aliphatic carbocycles. The summed E-state index contributed by atoms with van der Waals surface area (Å²) in [4.78, 5) is 17.5. The van der Waals surface area contributed by atoms with Gasteiger partial charge in [0.1, 0.15) is 24.6 Å². The number of halogens is 1. The van der Waals surface area contributed by atoms with Crippen molar-refractivity contribution in [3.05, 3.63) is 22.8 Å². The van der Waals surface area contributed by atoms with Gasteiger partial charge in [-0.05, 0) is 18.6 Å². The topological polar surface area (TPSA) is 92.8 Å². The first-order valence-corrected chi connectivity index (χ1v) is 6.45. The number of hydrogen-bond donors (Lipinski definition) is 1. The molecule has 6 nitrogen and oxygen atoms in total. The Morgan fingerprint density at radius 3 is 2.60 bits per heavy atom. The van der Waals surface area contributed by atoms with Crippen molar-refractivity contribution in [2.24, 2.45) is 0 Å². The highest BCUT2D eigenvalue weighted by molar-refractivity contribution is 6.33. The molecule has 1 heterocycles. The third-order valence-electron chi connectivity index (χ3n) is 2.42. The van der Waals surface area contributed by atoms with E-state index in [-0.39, 0.29) is 23.8 Å². The normalized spacial score (nSPS) is 9.40. The minimum absolute atomic E-state index is 0.0401. The maximum atomic E-state index is 12.2. The molecule has 0 saturated carbocycles. The molecule has 1 rings (SSSR count). The Kier molecular flexibility index (Phi) is 6.28. The van der Waals surface area contributed by atoms with Crippen LogP contribution in [0.1, 0.15) is 23.8 Å². The van der Waals surface area contributed by atoms with Crippen molar-refractivity contribution < 1.29 is 4.79 Å². The van der Waals surface area contributed by atoms with Crippen LogP contribution < -0.4 is 5.32 Å². The van der Waals surface area contributed by atoms with E-state index in [9.17, 15) is 4.79 Å². The summed E-state index contributed by atoms with van der Waals surface area (Å²) in [6.45, 7) is 2.37. The molecule has 0 saturated heterocycles. The van der Waals surface area contributed by atoms with Crippen LogP contribution in [0.3, 0.4) is 0 Å². The van der Waals surface area contributed by atoms with E-state index in [1.807, 2.05) is 19.1 Å². The van der Waals surface area contributed by atoms with Crippen LogP contribution in [0.25, 0.3) is 0 Å². The van der Waals surface area contributed by atoms with Gasteiger partial charge in [0, 0.05) is 6.54 Å². The molecule has 104 valence electrons. The molecule has 0 spiro atoms. The highest BCUT2D eigenvalue weighted by Crippen LogP contribution is 2.18. The molecule has 0 atom stereocenters. The molecule has 0 bridgehead atoms. The Labute approximate surface area is 122 Å². The zero-order valence-electron chi connectivity index (χ0n) is 11.1. The Balaban J connectivity index is 3.01. The number of aromatic nitrogens is 1. The predicted molar refractivity (Wildman–Crippen MR) is 75.2 cm³/mol. The maximum absolute atomic E-state index is 12.2. The van der Waals surface area contributed by atoms with Crippen molar-refractivity contribution in [3.8, 4) is 12.1 Å². The van der Waals surface area contributed by atoms with Crippen molar-refractivity contribution in [3.63, 3.8) is 0 Å². The minimum Gasteiger partial charge on any atom is -0.370 e. The fourth-order valence-corrected chi connectivity index (χ4v) is 1.65. The first kappa shape index (κ1) is 15.7. The monoisotopic (exact) mass is 291 g/mol. The van der Waals surface area contributed by atoms with Crippen molar-refractivity contribution >= 4 is 23.3 Å². The number of carbonyl (C=O) groups is 1. The van der Waals surface area contributed by atoms with Crippen LogP contribution in [0.5, 0.6) is 0 Å². The second kappa shape index (κ2) is 7.98. The molecule has 0 aliphatic rings. The van der Waals surface area contributed by atoms with E-state index in [0.717, 1.165) is 17.9 Å². The van der Waals surface area contributed by atoms with Crippen molar-refractivity contribution in [2.75, 3.05) is 25.0 Å². The first-order chi connectivity index (χ1) is 9.63. The van der Waals surface area contributed by atoms with Gasteiger partial charge in [-0.1, -0.05) is 18.5 Å². The van der Waals surface area contributed by atoms with Crippen molar-refractivity contribution in [1.82, 2.24) is 9.88 Å². The number of nitrogens with zero attached hydrogens (tertiary/aromatic N) is 4. The number of hydrogen-bond acceptors (Lipinski definition) is 5. The molecule has 0 aromatic carbocycles. The average Bonchev–Trinajstić information content (AvgIpc) is 2.45. The van der Waals surface area contributed by atoms with Crippen LogP contribution >= 0.6 is 11.6 Å². The predicted octanol–water partition coefficient (Wildman–Crippen LogP) is 2.05. The van der Waals surface area contributed by atoms with E-state index in [1.165, 1.54) is 0 Å². The second-order valence-corrected chi connectivity index (χ2v) is 4.34. The Bertz CT molecular complexity index is 545. The van der Waals surface area contributed by atoms with E-state index < -0.39 is 5.91 Å². The van der Waals surface area contributed by atoms with Crippen LogP contribution in [-0.2, 0) is 0 Å². The number of pyridine rings is 1. The van der Waals surface area contributed by atoms with E-state index in [2.05, 4.69) is 10.3 Å². The van der Waals surface area contributed by atoms with Gasteiger partial charge in [0.05, 0.1) is 17.2 Å². The highest BCUT2D eigenvalue weighted by atomic mass is 35.5. The maximum Gasteiger partial charge on any atom is 0.275 e. The smallest absolute Gasteiger partial charge is 0.275 e. The summed E-state index contributed by atoms with van der Waals surface area (Å²) in [5.41, 5.74) is 0.0401. The first-order valence-electron chi connectivity index (χ1n) is 6.07. The van der Waals surface area contributed by atoms with Crippen LogP contribution in [0, 0.1) is 22.7 Å². The van der Waals surface area contributed by atoms with E-state index in [1.54, 1.807) is 12.1 Å². The third kappa shape index (κ3) is 4.11. The molecule has 7 heteroatoms. The molecular formula is C13H14ClN5O. The van der Waals surface area contributed by atoms with Crippen LogP contribution in [-0.4, -0.2) is 35.4 Å². The van der Waals surface area contributed by atoms with Gasteiger partial charge in [-0.25, -0.2) is 4.98 Å². The molecule has 1 aromatic rings.